The van der Waals surface area contributed by atoms with Gasteiger partial charge in [-0.2, -0.15) is 0 Å². The lowest BCUT2D eigenvalue weighted by Crippen LogP contribution is -2.24. The molecule has 0 fully saturated rings. The Morgan fingerprint density at radius 1 is 0.950 bits per heavy atom. The number of halogens is 2. The average molecular weight is 277 g/mol. The van der Waals surface area contributed by atoms with Gasteiger partial charge in [0.15, 0.2) is 0 Å². The monoisotopic (exact) mass is 277 g/mol. The predicted octanol–water partition coefficient (Wildman–Crippen LogP) is 3.13. The van der Waals surface area contributed by atoms with Crippen LogP contribution in [0.4, 0.5) is 8.78 Å². The molecule has 0 spiro atoms. The van der Waals surface area contributed by atoms with Gasteiger partial charge in [-0.1, -0.05) is 24.3 Å². The molecule has 1 N–H and O–H groups in total. The fraction of sp³-hybridized carbons (Fsp3) is 0.250. The number of aliphatic hydroxyl groups is 1. The number of hydrogen-bond acceptors (Lipinski definition) is 2. The molecule has 2 aromatic rings. The van der Waals surface area contributed by atoms with Gasteiger partial charge in [0, 0.05) is 13.1 Å². The highest BCUT2D eigenvalue weighted by Gasteiger charge is 2.11. The summed E-state index contributed by atoms with van der Waals surface area (Å²) in [6.45, 7) is 1.03. The summed E-state index contributed by atoms with van der Waals surface area (Å²) in [7, 11) is 1.87. The summed E-state index contributed by atoms with van der Waals surface area (Å²) >= 11 is 0. The fourth-order valence-corrected chi connectivity index (χ4v) is 2.05. The van der Waals surface area contributed by atoms with Crippen LogP contribution in [0, 0.1) is 11.6 Å². The Hall–Kier alpha value is -1.78. The van der Waals surface area contributed by atoms with Crippen LogP contribution in [-0.4, -0.2) is 23.6 Å². The summed E-state index contributed by atoms with van der Waals surface area (Å²) in [4.78, 5) is 1.93. The van der Waals surface area contributed by atoms with Crippen molar-refractivity contribution >= 4 is 0 Å². The predicted molar refractivity (Wildman–Crippen MR) is 74.1 cm³/mol. The number of likely N-dealkylation sites (N-methyl/N-ethyl adjacent to an activating group) is 1. The van der Waals surface area contributed by atoms with Crippen molar-refractivity contribution in [2.24, 2.45) is 0 Å². The molecule has 2 nitrogen and oxygen atoms in total. The number of nitrogens with zero attached hydrogens (tertiary/aromatic N) is 1. The molecule has 106 valence electrons. The second-order valence-corrected chi connectivity index (χ2v) is 4.89. The summed E-state index contributed by atoms with van der Waals surface area (Å²) in [6, 6.07) is 12.1. The fourth-order valence-electron chi connectivity index (χ4n) is 2.05. The highest BCUT2D eigenvalue weighted by molar-refractivity contribution is 5.19. The van der Waals surface area contributed by atoms with E-state index >= 15 is 0 Å². The van der Waals surface area contributed by atoms with Crippen LogP contribution in [0.3, 0.4) is 0 Å². The second kappa shape index (κ2) is 6.59. The molecule has 0 bridgehead atoms. The second-order valence-electron chi connectivity index (χ2n) is 4.89. The van der Waals surface area contributed by atoms with Gasteiger partial charge in [0.25, 0.3) is 0 Å². The molecule has 2 rings (SSSR count). The first-order valence-electron chi connectivity index (χ1n) is 6.41. The Morgan fingerprint density at radius 3 is 2.00 bits per heavy atom. The van der Waals surface area contributed by atoms with Crippen LogP contribution >= 0.6 is 0 Å². The van der Waals surface area contributed by atoms with Crippen LogP contribution in [0.15, 0.2) is 48.5 Å². The van der Waals surface area contributed by atoms with E-state index in [1.807, 2.05) is 11.9 Å². The highest BCUT2D eigenvalue weighted by Crippen LogP contribution is 2.15. The minimum Gasteiger partial charge on any atom is -0.387 e. The Bertz CT molecular complexity index is 539. The summed E-state index contributed by atoms with van der Waals surface area (Å²) in [6.07, 6.45) is -0.680. The van der Waals surface area contributed by atoms with Gasteiger partial charge in [-0.15, -0.1) is 0 Å². The van der Waals surface area contributed by atoms with Crippen molar-refractivity contribution < 1.29 is 13.9 Å². The van der Waals surface area contributed by atoms with Crippen LogP contribution in [-0.2, 0) is 6.54 Å². The van der Waals surface area contributed by atoms with E-state index in [4.69, 9.17) is 0 Å². The largest absolute Gasteiger partial charge is 0.387 e. The van der Waals surface area contributed by atoms with Gasteiger partial charge >= 0.3 is 0 Å². The normalized spacial score (nSPS) is 12.7. The van der Waals surface area contributed by atoms with Crippen molar-refractivity contribution in [1.82, 2.24) is 4.90 Å². The van der Waals surface area contributed by atoms with Crippen LogP contribution < -0.4 is 0 Å². The zero-order valence-corrected chi connectivity index (χ0v) is 11.3. The van der Waals surface area contributed by atoms with Crippen molar-refractivity contribution in [3.8, 4) is 0 Å². The van der Waals surface area contributed by atoms with Crippen molar-refractivity contribution in [2.45, 2.75) is 12.6 Å². The van der Waals surface area contributed by atoms with Gasteiger partial charge in [0.1, 0.15) is 11.6 Å². The molecule has 0 aromatic heterocycles. The minimum atomic E-state index is -0.680. The van der Waals surface area contributed by atoms with Crippen molar-refractivity contribution in [3.63, 3.8) is 0 Å². The molecule has 0 heterocycles. The van der Waals surface area contributed by atoms with Crippen molar-refractivity contribution in [3.05, 3.63) is 71.3 Å². The third-order valence-electron chi connectivity index (χ3n) is 3.11. The number of hydrogen-bond donors (Lipinski definition) is 1. The molecule has 1 unspecified atom stereocenters. The van der Waals surface area contributed by atoms with E-state index < -0.39 is 6.10 Å². The van der Waals surface area contributed by atoms with Gasteiger partial charge < -0.3 is 5.11 Å². The maximum absolute atomic E-state index is 12.8. The Morgan fingerprint density at radius 2 is 1.45 bits per heavy atom. The van der Waals surface area contributed by atoms with Crippen LogP contribution in [0.2, 0.25) is 0 Å². The van der Waals surface area contributed by atoms with Gasteiger partial charge in [-0.3, -0.25) is 4.90 Å². The molecule has 0 aliphatic rings. The SMILES string of the molecule is CN(Cc1ccc(F)cc1)CC(O)c1ccc(F)cc1. The average Bonchev–Trinajstić information content (AvgIpc) is 2.42. The lowest BCUT2D eigenvalue weighted by atomic mass is 10.1. The Balaban J connectivity index is 1.92. The van der Waals surface area contributed by atoms with Crippen molar-refractivity contribution in [1.29, 1.82) is 0 Å². The first-order chi connectivity index (χ1) is 9.54. The molecule has 2 aromatic carbocycles. The summed E-state index contributed by atoms with van der Waals surface area (Å²) in [5, 5.41) is 10.1. The summed E-state index contributed by atoms with van der Waals surface area (Å²) < 4.78 is 25.6. The molecule has 0 aliphatic heterocycles. The van der Waals surface area contributed by atoms with Crippen LogP contribution in [0.1, 0.15) is 17.2 Å². The lowest BCUT2D eigenvalue weighted by Gasteiger charge is -2.21. The van der Waals surface area contributed by atoms with E-state index in [2.05, 4.69) is 0 Å². The van der Waals surface area contributed by atoms with E-state index in [1.165, 1.54) is 24.3 Å². The van der Waals surface area contributed by atoms with Crippen LogP contribution in [0.25, 0.3) is 0 Å². The third kappa shape index (κ3) is 4.11. The quantitative estimate of drug-likeness (QED) is 0.907. The summed E-state index contributed by atoms with van der Waals surface area (Å²) in [5.74, 6) is -0.580. The van der Waals surface area contributed by atoms with E-state index in [1.54, 1.807) is 24.3 Å². The maximum atomic E-state index is 12.8. The molecular weight excluding hydrogens is 260 g/mol. The highest BCUT2D eigenvalue weighted by atomic mass is 19.1. The molecule has 0 saturated carbocycles. The minimum absolute atomic E-state index is 0.261. The number of benzene rings is 2. The molecule has 0 aliphatic carbocycles. The first kappa shape index (κ1) is 14.6. The zero-order chi connectivity index (χ0) is 14.5. The maximum Gasteiger partial charge on any atom is 0.123 e. The molecule has 0 radical (unpaired) electrons. The molecule has 1 atom stereocenters. The summed E-state index contributed by atoms with van der Waals surface area (Å²) in [5.41, 5.74) is 1.65. The molecule has 4 heteroatoms. The lowest BCUT2D eigenvalue weighted by molar-refractivity contribution is 0.124. The zero-order valence-electron chi connectivity index (χ0n) is 11.3. The van der Waals surface area contributed by atoms with Crippen LogP contribution in [0.5, 0.6) is 0 Å². The van der Waals surface area contributed by atoms with E-state index in [0.29, 0.717) is 18.7 Å². The number of rotatable bonds is 5. The van der Waals surface area contributed by atoms with E-state index in [9.17, 15) is 13.9 Å². The first-order valence-corrected chi connectivity index (χ1v) is 6.41. The molecule has 20 heavy (non-hydrogen) atoms. The van der Waals surface area contributed by atoms with Gasteiger partial charge in [0.2, 0.25) is 0 Å². The Labute approximate surface area is 117 Å². The number of aliphatic hydroxyl groups excluding tert-OH is 1. The molecule has 0 amide bonds. The topological polar surface area (TPSA) is 23.5 Å². The smallest absolute Gasteiger partial charge is 0.123 e. The van der Waals surface area contributed by atoms with Gasteiger partial charge in [-0.25, -0.2) is 8.78 Å². The van der Waals surface area contributed by atoms with Gasteiger partial charge in [0.05, 0.1) is 6.10 Å². The standard InChI is InChI=1S/C16H17F2NO/c1-19(10-12-2-6-14(17)7-3-12)11-16(20)13-4-8-15(18)9-5-13/h2-9,16,20H,10-11H2,1H3. The van der Waals surface area contributed by atoms with E-state index in [0.717, 1.165) is 5.56 Å². The molecule has 0 saturated heterocycles. The van der Waals surface area contributed by atoms with Crippen molar-refractivity contribution in [2.75, 3.05) is 13.6 Å². The van der Waals surface area contributed by atoms with E-state index in [-0.39, 0.29) is 11.6 Å². The Kier molecular flexibility index (Phi) is 4.82. The van der Waals surface area contributed by atoms with Gasteiger partial charge in [-0.05, 0) is 42.4 Å². The molecular formula is C16H17F2NO. The third-order valence-corrected chi connectivity index (χ3v) is 3.11.